The lowest BCUT2D eigenvalue weighted by Gasteiger charge is -2.22. The van der Waals surface area contributed by atoms with Crippen LogP contribution in [0.25, 0.3) is 22.2 Å². The van der Waals surface area contributed by atoms with Crippen molar-refractivity contribution in [1.82, 2.24) is 15.7 Å². The third-order valence-electron chi connectivity index (χ3n) is 5.50. The molecule has 2 aromatic carbocycles. The molecule has 7 nitrogen and oxygen atoms in total. The summed E-state index contributed by atoms with van der Waals surface area (Å²) in [4.78, 5) is 28.7. The van der Waals surface area contributed by atoms with Crippen molar-refractivity contribution in [3.63, 3.8) is 0 Å². The lowest BCUT2D eigenvalue weighted by atomic mass is 10.0. The number of nitrogens with one attached hydrogen (secondary N) is 4. The van der Waals surface area contributed by atoms with Crippen molar-refractivity contribution in [2.75, 3.05) is 11.9 Å². The number of hydrogen-bond donors (Lipinski definition) is 4. The lowest BCUT2D eigenvalue weighted by molar-refractivity contribution is -0.118. The minimum Gasteiger partial charge on any atom is -0.354 e. The van der Waals surface area contributed by atoms with E-state index in [0.717, 1.165) is 53.5 Å². The van der Waals surface area contributed by atoms with E-state index in [4.69, 9.17) is 0 Å². The third-order valence-corrected chi connectivity index (χ3v) is 5.50. The quantitative estimate of drug-likeness (QED) is 0.556. The van der Waals surface area contributed by atoms with Crippen LogP contribution in [-0.2, 0) is 4.79 Å². The van der Waals surface area contributed by atoms with Crippen molar-refractivity contribution in [2.45, 2.75) is 25.3 Å². The summed E-state index contributed by atoms with van der Waals surface area (Å²) in [6.07, 6.45) is 4.61. The van der Waals surface area contributed by atoms with Gasteiger partial charge in [-0.3, -0.25) is 9.59 Å². The molecule has 3 heterocycles. The summed E-state index contributed by atoms with van der Waals surface area (Å²) in [7, 11) is 0. The second-order valence-electron chi connectivity index (χ2n) is 7.42. The first kappa shape index (κ1) is 17.6. The first-order chi connectivity index (χ1) is 14.2. The average molecular weight is 387 g/mol. The highest BCUT2D eigenvalue weighted by Gasteiger charge is 2.24. The molecular formula is C22H21N5O2. The van der Waals surface area contributed by atoms with E-state index in [-0.39, 0.29) is 17.9 Å². The van der Waals surface area contributed by atoms with Crippen molar-refractivity contribution >= 4 is 34.6 Å². The SMILES string of the molecule is O=C1NN=Cc2c(-c3ccccc3)[nH]c3cc(NC(=O)[C@H]4CCCCN4)cc1c23. The van der Waals surface area contributed by atoms with Gasteiger partial charge in [-0.1, -0.05) is 36.8 Å². The van der Waals surface area contributed by atoms with Gasteiger partial charge in [0.2, 0.25) is 5.91 Å². The second-order valence-corrected chi connectivity index (χ2v) is 7.42. The Hall–Kier alpha value is -3.45. The summed E-state index contributed by atoms with van der Waals surface area (Å²) >= 11 is 0. The summed E-state index contributed by atoms with van der Waals surface area (Å²) < 4.78 is 0. The van der Waals surface area contributed by atoms with Crippen LogP contribution < -0.4 is 16.1 Å². The zero-order valence-electron chi connectivity index (χ0n) is 15.8. The number of carbonyl (C=O) groups is 2. The van der Waals surface area contributed by atoms with Crippen LogP contribution in [0.15, 0.2) is 47.6 Å². The molecule has 4 N–H and O–H groups in total. The van der Waals surface area contributed by atoms with Crippen molar-refractivity contribution in [1.29, 1.82) is 0 Å². The molecule has 0 saturated carbocycles. The van der Waals surface area contributed by atoms with E-state index < -0.39 is 0 Å². The number of hydrazone groups is 1. The molecule has 0 spiro atoms. The second kappa shape index (κ2) is 7.18. The molecule has 5 rings (SSSR count). The molecule has 7 heteroatoms. The maximum absolute atomic E-state index is 12.7. The highest BCUT2D eigenvalue weighted by molar-refractivity contribution is 6.18. The highest BCUT2D eigenvalue weighted by atomic mass is 16.2. The largest absolute Gasteiger partial charge is 0.354 e. The Bertz CT molecular complexity index is 1130. The van der Waals surface area contributed by atoms with Crippen molar-refractivity contribution in [3.8, 4) is 11.3 Å². The molecular weight excluding hydrogens is 366 g/mol. The van der Waals surface area contributed by atoms with E-state index in [1.54, 1.807) is 12.3 Å². The Balaban J connectivity index is 1.59. The number of rotatable bonds is 3. The Kier molecular flexibility index (Phi) is 4.37. The van der Waals surface area contributed by atoms with Gasteiger partial charge in [-0.15, -0.1) is 0 Å². The van der Waals surface area contributed by atoms with Crippen LogP contribution >= 0.6 is 0 Å². The number of anilines is 1. The third kappa shape index (κ3) is 3.19. The monoisotopic (exact) mass is 387 g/mol. The number of nitrogens with zero attached hydrogens (tertiary/aromatic N) is 1. The van der Waals surface area contributed by atoms with Crippen LogP contribution in [0.2, 0.25) is 0 Å². The number of aromatic amines is 1. The van der Waals surface area contributed by atoms with Crippen LogP contribution in [0.1, 0.15) is 35.2 Å². The van der Waals surface area contributed by atoms with Crippen LogP contribution in [-0.4, -0.2) is 35.6 Å². The molecule has 146 valence electrons. The fourth-order valence-electron chi connectivity index (χ4n) is 4.09. The first-order valence-electron chi connectivity index (χ1n) is 9.83. The highest BCUT2D eigenvalue weighted by Crippen LogP contribution is 2.34. The van der Waals surface area contributed by atoms with Crippen molar-refractivity contribution in [3.05, 3.63) is 53.6 Å². The summed E-state index contributed by atoms with van der Waals surface area (Å²) in [5.74, 6) is -0.368. The zero-order valence-corrected chi connectivity index (χ0v) is 15.8. The number of piperidine rings is 1. The molecule has 2 amide bonds. The number of aromatic nitrogens is 1. The molecule has 1 fully saturated rings. The van der Waals surface area contributed by atoms with E-state index in [2.05, 4.69) is 26.1 Å². The molecule has 0 unspecified atom stereocenters. The number of H-pyrrole nitrogens is 1. The van der Waals surface area contributed by atoms with Gasteiger partial charge in [0.25, 0.3) is 5.91 Å². The Morgan fingerprint density at radius 1 is 1.14 bits per heavy atom. The molecule has 29 heavy (non-hydrogen) atoms. The molecule has 1 atom stereocenters. The van der Waals surface area contributed by atoms with Crippen LogP contribution in [0, 0.1) is 0 Å². The fraction of sp³-hybridized carbons (Fsp3) is 0.227. The van der Waals surface area contributed by atoms with E-state index in [1.807, 2.05) is 36.4 Å². The number of hydrogen-bond acceptors (Lipinski definition) is 4. The van der Waals surface area contributed by atoms with Gasteiger partial charge in [-0.2, -0.15) is 5.10 Å². The van der Waals surface area contributed by atoms with Gasteiger partial charge in [0.05, 0.1) is 23.5 Å². The van der Waals surface area contributed by atoms with Crippen LogP contribution in [0.3, 0.4) is 0 Å². The lowest BCUT2D eigenvalue weighted by Crippen LogP contribution is -2.43. The molecule has 1 aromatic heterocycles. The van der Waals surface area contributed by atoms with Gasteiger partial charge >= 0.3 is 0 Å². The summed E-state index contributed by atoms with van der Waals surface area (Å²) in [6.45, 7) is 0.850. The minimum atomic E-state index is -0.296. The van der Waals surface area contributed by atoms with Gasteiger partial charge < -0.3 is 15.6 Å². The molecule has 3 aromatic rings. The summed E-state index contributed by atoms with van der Waals surface area (Å²) in [5, 5.41) is 11.1. The average Bonchev–Trinajstić information content (AvgIpc) is 3.03. The van der Waals surface area contributed by atoms with Gasteiger partial charge in [0.15, 0.2) is 0 Å². The summed E-state index contributed by atoms with van der Waals surface area (Å²) in [6, 6.07) is 13.3. The van der Waals surface area contributed by atoms with E-state index in [0.29, 0.717) is 11.3 Å². The smallest absolute Gasteiger partial charge is 0.272 e. The van der Waals surface area contributed by atoms with Gasteiger partial charge in [0.1, 0.15) is 0 Å². The van der Waals surface area contributed by atoms with E-state index >= 15 is 0 Å². The Labute approximate surface area is 167 Å². The standard InChI is InChI=1S/C22H21N5O2/c28-21-15-10-14(25-22(29)17-8-4-5-9-23-17)11-18-19(15)16(12-24-27-21)20(26-18)13-6-2-1-3-7-13/h1-3,6-7,10-12,17,23,26H,4-5,8-9H2,(H,25,29)(H,27,28)/t17-/m1/s1. The van der Waals surface area contributed by atoms with Gasteiger partial charge in [-0.25, -0.2) is 5.43 Å². The molecule has 2 aliphatic rings. The minimum absolute atomic E-state index is 0.0726. The maximum atomic E-state index is 12.7. The maximum Gasteiger partial charge on any atom is 0.272 e. The van der Waals surface area contributed by atoms with Crippen molar-refractivity contribution < 1.29 is 9.59 Å². The Morgan fingerprint density at radius 3 is 2.79 bits per heavy atom. The van der Waals surface area contributed by atoms with Gasteiger partial charge in [-0.05, 0) is 37.1 Å². The predicted octanol–water partition coefficient (Wildman–Crippen LogP) is 2.99. The van der Waals surface area contributed by atoms with Crippen LogP contribution in [0.4, 0.5) is 5.69 Å². The normalized spacial score (nSPS) is 18.3. The zero-order chi connectivity index (χ0) is 19.8. The first-order valence-corrected chi connectivity index (χ1v) is 9.83. The summed E-state index contributed by atoms with van der Waals surface area (Å²) in [5.41, 5.74) is 7.16. The molecule has 1 saturated heterocycles. The number of benzene rings is 2. The molecule has 0 bridgehead atoms. The molecule has 2 aliphatic heterocycles. The van der Waals surface area contributed by atoms with E-state index in [1.165, 1.54) is 0 Å². The van der Waals surface area contributed by atoms with E-state index in [9.17, 15) is 9.59 Å². The molecule has 0 radical (unpaired) electrons. The number of amides is 2. The van der Waals surface area contributed by atoms with Crippen LogP contribution in [0.5, 0.6) is 0 Å². The number of carbonyl (C=O) groups excluding carboxylic acids is 2. The Morgan fingerprint density at radius 2 is 2.00 bits per heavy atom. The van der Waals surface area contributed by atoms with Gasteiger partial charge in [0, 0.05) is 22.2 Å². The predicted molar refractivity (Wildman–Crippen MR) is 113 cm³/mol. The fourth-order valence-corrected chi connectivity index (χ4v) is 4.09. The van der Waals surface area contributed by atoms with Crippen molar-refractivity contribution in [2.24, 2.45) is 5.10 Å². The topological polar surface area (TPSA) is 98.4 Å². The molecule has 0 aliphatic carbocycles.